The number of sulfonamides is 1. The highest BCUT2D eigenvalue weighted by molar-refractivity contribution is 7.89. The van der Waals surface area contributed by atoms with Crippen molar-refractivity contribution in [3.05, 3.63) is 52.2 Å². The van der Waals surface area contributed by atoms with Gasteiger partial charge >= 0.3 is 0 Å². The molecule has 0 aliphatic rings. The lowest BCUT2D eigenvalue weighted by molar-refractivity contribution is 0.416. The molecule has 6 heteroatoms. The molecule has 1 unspecified atom stereocenters. The molecule has 2 aromatic rings. The van der Waals surface area contributed by atoms with Gasteiger partial charge in [-0.2, -0.15) is 0 Å². The number of thiophene rings is 1. The van der Waals surface area contributed by atoms with Gasteiger partial charge in [-0.15, -0.1) is 11.3 Å². The maximum absolute atomic E-state index is 11.2. The molecule has 0 amide bonds. The minimum absolute atomic E-state index is 0.143. The SMILES string of the molecule is CC(C)C(NCc1ccc(S(N)(=O)=O)cc1)c1cccs1. The predicted molar refractivity (Wildman–Crippen MR) is 86.6 cm³/mol. The lowest BCUT2D eigenvalue weighted by atomic mass is 10.0. The molecule has 3 N–H and O–H groups in total. The van der Waals surface area contributed by atoms with Crippen molar-refractivity contribution in [1.29, 1.82) is 0 Å². The zero-order valence-corrected chi connectivity index (χ0v) is 13.7. The number of nitrogens with two attached hydrogens (primary N) is 1. The fraction of sp³-hybridized carbons (Fsp3) is 0.333. The average Bonchev–Trinajstić information content (AvgIpc) is 2.92. The van der Waals surface area contributed by atoms with E-state index in [2.05, 4.69) is 36.7 Å². The van der Waals surface area contributed by atoms with Crippen molar-refractivity contribution in [2.45, 2.75) is 31.3 Å². The standard InChI is InChI=1S/C15H20N2O2S2/c1-11(2)15(14-4-3-9-20-14)17-10-12-5-7-13(8-6-12)21(16,18)19/h3-9,11,15,17H,10H2,1-2H3,(H2,16,18,19). The van der Waals surface area contributed by atoms with Gasteiger partial charge in [0.1, 0.15) is 0 Å². The second-order valence-electron chi connectivity index (χ2n) is 5.31. The smallest absolute Gasteiger partial charge is 0.238 e. The fourth-order valence-electron chi connectivity index (χ4n) is 2.16. The Bertz CT molecular complexity index is 662. The molecule has 0 aliphatic heterocycles. The molecule has 1 aromatic heterocycles. The van der Waals surface area contributed by atoms with Gasteiger partial charge in [0, 0.05) is 17.5 Å². The molecule has 21 heavy (non-hydrogen) atoms. The zero-order chi connectivity index (χ0) is 15.5. The fourth-order valence-corrected chi connectivity index (χ4v) is 3.65. The van der Waals surface area contributed by atoms with Crippen LogP contribution in [-0.2, 0) is 16.6 Å². The third kappa shape index (κ3) is 4.38. The Labute approximate surface area is 130 Å². The van der Waals surface area contributed by atoms with Crippen LogP contribution in [0.25, 0.3) is 0 Å². The summed E-state index contributed by atoms with van der Waals surface area (Å²) in [5, 5.41) is 10.7. The Kier molecular flexibility index (Phi) is 5.16. The van der Waals surface area contributed by atoms with E-state index in [0.29, 0.717) is 18.5 Å². The number of rotatable bonds is 6. The topological polar surface area (TPSA) is 72.2 Å². The zero-order valence-electron chi connectivity index (χ0n) is 12.1. The van der Waals surface area contributed by atoms with Gasteiger partial charge < -0.3 is 5.32 Å². The molecule has 4 nitrogen and oxygen atoms in total. The highest BCUT2D eigenvalue weighted by atomic mass is 32.2. The maximum atomic E-state index is 11.2. The summed E-state index contributed by atoms with van der Waals surface area (Å²) >= 11 is 1.74. The molecule has 0 saturated heterocycles. The molecule has 1 atom stereocenters. The van der Waals surface area contributed by atoms with Gasteiger partial charge in [-0.3, -0.25) is 0 Å². The number of benzene rings is 1. The van der Waals surface area contributed by atoms with E-state index in [1.165, 1.54) is 4.88 Å². The highest BCUT2D eigenvalue weighted by Crippen LogP contribution is 2.26. The van der Waals surface area contributed by atoms with Crippen molar-refractivity contribution in [3.63, 3.8) is 0 Å². The van der Waals surface area contributed by atoms with Gasteiger partial charge in [0.05, 0.1) is 4.90 Å². The molecule has 0 aliphatic carbocycles. The number of hydrogen-bond donors (Lipinski definition) is 2. The van der Waals surface area contributed by atoms with Crippen LogP contribution in [0.3, 0.4) is 0 Å². The van der Waals surface area contributed by atoms with Crippen molar-refractivity contribution in [3.8, 4) is 0 Å². The first kappa shape index (κ1) is 16.2. The van der Waals surface area contributed by atoms with Crippen LogP contribution in [-0.4, -0.2) is 8.42 Å². The largest absolute Gasteiger partial charge is 0.305 e. The summed E-state index contributed by atoms with van der Waals surface area (Å²) in [5.74, 6) is 0.479. The van der Waals surface area contributed by atoms with Crippen LogP contribution in [0.2, 0.25) is 0 Å². The summed E-state index contributed by atoms with van der Waals surface area (Å²) in [7, 11) is -3.62. The molecule has 1 heterocycles. The summed E-state index contributed by atoms with van der Waals surface area (Å²) in [6.07, 6.45) is 0. The van der Waals surface area contributed by atoms with Gasteiger partial charge in [-0.05, 0) is 35.1 Å². The van der Waals surface area contributed by atoms with Crippen molar-refractivity contribution >= 4 is 21.4 Å². The van der Waals surface area contributed by atoms with Crippen molar-refractivity contribution in [2.24, 2.45) is 11.1 Å². The maximum Gasteiger partial charge on any atom is 0.238 e. The second-order valence-corrected chi connectivity index (χ2v) is 7.85. The monoisotopic (exact) mass is 324 g/mol. The van der Waals surface area contributed by atoms with E-state index in [1.807, 2.05) is 0 Å². The number of primary sulfonamides is 1. The van der Waals surface area contributed by atoms with Crippen LogP contribution < -0.4 is 10.5 Å². The van der Waals surface area contributed by atoms with E-state index in [4.69, 9.17) is 5.14 Å². The van der Waals surface area contributed by atoms with Crippen LogP contribution in [0.1, 0.15) is 30.3 Å². The molecule has 2 rings (SSSR count). The Hall–Kier alpha value is -1.21. The first-order valence-electron chi connectivity index (χ1n) is 6.76. The first-order chi connectivity index (χ1) is 9.88. The average molecular weight is 324 g/mol. The third-order valence-corrected chi connectivity index (χ3v) is 5.18. The van der Waals surface area contributed by atoms with Crippen molar-refractivity contribution in [1.82, 2.24) is 5.32 Å². The van der Waals surface area contributed by atoms with Crippen molar-refractivity contribution in [2.75, 3.05) is 0 Å². The molecule has 0 spiro atoms. The van der Waals surface area contributed by atoms with Crippen LogP contribution >= 0.6 is 11.3 Å². The van der Waals surface area contributed by atoms with Crippen LogP contribution in [0, 0.1) is 5.92 Å². The lowest BCUT2D eigenvalue weighted by Gasteiger charge is -2.21. The van der Waals surface area contributed by atoms with E-state index in [9.17, 15) is 8.42 Å². The second kappa shape index (κ2) is 6.70. The number of nitrogens with one attached hydrogen (secondary N) is 1. The Balaban J connectivity index is 2.05. The van der Waals surface area contributed by atoms with E-state index >= 15 is 0 Å². The van der Waals surface area contributed by atoms with E-state index in [-0.39, 0.29) is 4.90 Å². The van der Waals surface area contributed by atoms with E-state index in [1.54, 1.807) is 35.6 Å². The Morgan fingerprint density at radius 2 is 1.86 bits per heavy atom. The summed E-state index contributed by atoms with van der Waals surface area (Å²) in [5.41, 5.74) is 1.03. The third-order valence-electron chi connectivity index (χ3n) is 3.29. The summed E-state index contributed by atoms with van der Waals surface area (Å²) in [6.45, 7) is 5.05. The summed E-state index contributed by atoms with van der Waals surface area (Å²) < 4.78 is 22.4. The normalized spacial score (nSPS) is 13.5. The van der Waals surface area contributed by atoms with E-state index < -0.39 is 10.0 Å². The quantitative estimate of drug-likeness (QED) is 0.858. The van der Waals surface area contributed by atoms with Gasteiger partial charge in [0.15, 0.2) is 0 Å². The predicted octanol–water partition coefficient (Wildman–Crippen LogP) is 2.88. The molecule has 1 aromatic carbocycles. The lowest BCUT2D eigenvalue weighted by Crippen LogP contribution is -2.24. The first-order valence-corrected chi connectivity index (χ1v) is 9.19. The van der Waals surface area contributed by atoms with E-state index in [0.717, 1.165) is 5.56 Å². The van der Waals surface area contributed by atoms with Crippen LogP contribution in [0.15, 0.2) is 46.7 Å². The molecule has 0 saturated carbocycles. The minimum Gasteiger partial charge on any atom is -0.305 e. The van der Waals surface area contributed by atoms with Gasteiger partial charge in [0.25, 0.3) is 0 Å². The van der Waals surface area contributed by atoms with Crippen LogP contribution in [0.4, 0.5) is 0 Å². The molecule has 0 bridgehead atoms. The number of hydrogen-bond acceptors (Lipinski definition) is 4. The molecule has 0 radical (unpaired) electrons. The molecular weight excluding hydrogens is 304 g/mol. The summed E-state index contributed by atoms with van der Waals surface area (Å²) in [6, 6.07) is 11.1. The summed E-state index contributed by atoms with van der Waals surface area (Å²) in [4.78, 5) is 1.45. The van der Waals surface area contributed by atoms with Crippen LogP contribution in [0.5, 0.6) is 0 Å². The van der Waals surface area contributed by atoms with Gasteiger partial charge in [-0.25, -0.2) is 13.6 Å². The molecule has 0 fully saturated rings. The van der Waals surface area contributed by atoms with Gasteiger partial charge in [-0.1, -0.05) is 32.0 Å². The molecular formula is C15H20N2O2S2. The van der Waals surface area contributed by atoms with Gasteiger partial charge in [0.2, 0.25) is 10.0 Å². The Morgan fingerprint density at radius 1 is 1.19 bits per heavy atom. The van der Waals surface area contributed by atoms with Crippen molar-refractivity contribution < 1.29 is 8.42 Å². The highest BCUT2D eigenvalue weighted by Gasteiger charge is 2.16. The Morgan fingerprint density at radius 3 is 2.33 bits per heavy atom. The minimum atomic E-state index is -3.62. The molecule has 114 valence electrons.